The van der Waals surface area contributed by atoms with Gasteiger partial charge in [-0.2, -0.15) is 0 Å². The predicted octanol–water partition coefficient (Wildman–Crippen LogP) is 2.72. The number of nitrogens with two attached hydrogens (primary N) is 1. The molecule has 0 aromatic heterocycles. The van der Waals surface area contributed by atoms with Crippen LogP contribution in [0.25, 0.3) is 0 Å². The van der Waals surface area contributed by atoms with E-state index in [2.05, 4.69) is 0 Å². The summed E-state index contributed by atoms with van der Waals surface area (Å²) < 4.78 is 19.6. The van der Waals surface area contributed by atoms with Crippen molar-refractivity contribution in [3.05, 3.63) is 53.8 Å². The van der Waals surface area contributed by atoms with Gasteiger partial charge < -0.3 is 15.4 Å². The second kappa shape index (κ2) is 5.44. The van der Waals surface area contributed by atoms with Crippen molar-refractivity contribution >= 4 is 17.3 Å². The highest BCUT2D eigenvalue weighted by atomic mass is 19.1. The summed E-state index contributed by atoms with van der Waals surface area (Å²) in [6.45, 7) is 0.460. The Morgan fingerprint density at radius 1 is 1.19 bits per heavy atom. The number of amides is 1. The maximum atomic E-state index is 14.1. The summed E-state index contributed by atoms with van der Waals surface area (Å²) >= 11 is 0. The van der Waals surface area contributed by atoms with Gasteiger partial charge >= 0.3 is 0 Å². The average Bonchev–Trinajstić information content (AvgIpc) is 2.64. The van der Waals surface area contributed by atoms with E-state index >= 15 is 0 Å². The predicted molar refractivity (Wildman–Crippen MR) is 78.6 cm³/mol. The van der Waals surface area contributed by atoms with Crippen molar-refractivity contribution in [2.75, 3.05) is 17.2 Å². The third-order valence-electron chi connectivity index (χ3n) is 3.47. The SMILES string of the molecule is Nc1cccc(CN2C(=O)CCOc3ccccc32)c1F. The van der Waals surface area contributed by atoms with Gasteiger partial charge in [0.15, 0.2) is 5.82 Å². The molecule has 2 N–H and O–H groups in total. The number of para-hydroxylation sites is 2. The molecule has 0 fully saturated rings. The van der Waals surface area contributed by atoms with Crippen LogP contribution in [0.3, 0.4) is 0 Å². The lowest BCUT2D eigenvalue weighted by Gasteiger charge is -2.22. The van der Waals surface area contributed by atoms with E-state index in [0.29, 0.717) is 23.6 Å². The highest BCUT2D eigenvalue weighted by Gasteiger charge is 2.24. The van der Waals surface area contributed by atoms with Gasteiger partial charge in [0, 0.05) is 5.56 Å². The first-order valence-corrected chi connectivity index (χ1v) is 6.72. The Kier molecular flexibility index (Phi) is 3.48. The third kappa shape index (κ3) is 2.54. The van der Waals surface area contributed by atoms with Gasteiger partial charge in [0.2, 0.25) is 5.91 Å². The molecular formula is C16H15FN2O2. The number of fused-ring (bicyclic) bond motifs is 1. The van der Waals surface area contributed by atoms with Crippen LogP contribution in [0.5, 0.6) is 5.75 Å². The Bertz CT molecular complexity index is 688. The molecule has 1 aliphatic rings. The van der Waals surface area contributed by atoms with Crippen molar-refractivity contribution in [2.45, 2.75) is 13.0 Å². The van der Waals surface area contributed by atoms with E-state index in [1.165, 1.54) is 6.07 Å². The average molecular weight is 286 g/mol. The van der Waals surface area contributed by atoms with Crippen LogP contribution in [-0.2, 0) is 11.3 Å². The van der Waals surface area contributed by atoms with E-state index in [9.17, 15) is 9.18 Å². The second-order valence-electron chi connectivity index (χ2n) is 4.87. The van der Waals surface area contributed by atoms with Crippen molar-refractivity contribution in [1.29, 1.82) is 0 Å². The number of carbonyl (C=O) groups excluding carboxylic acids is 1. The number of carbonyl (C=O) groups is 1. The molecule has 0 spiro atoms. The molecule has 0 saturated heterocycles. The Balaban J connectivity index is 2.00. The normalized spacial score (nSPS) is 14.3. The molecule has 0 bridgehead atoms. The zero-order valence-electron chi connectivity index (χ0n) is 11.4. The lowest BCUT2D eigenvalue weighted by atomic mass is 10.1. The number of ether oxygens (including phenoxy) is 1. The highest BCUT2D eigenvalue weighted by Crippen LogP contribution is 2.32. The summed E-state index contributed by atoms with van der Waals surface area (Å²) in [7, 11) is 0. The van der Waals surface area contributed by atoms with E-state index in [0.717, 1.165) is 0 Å². The molecule has 1 heterocycles. The number of nitrogens with zero attached hydrogens (tertiary/aromatic N) is 1. The monoisotopic (exact) mass is 286 g/mol. The van der Waals surface area contributed by atoms with Gasteiger partial charge in [-0.15, -0.1) is 0 Å². The Labute approximate surface area is 121 Å². The molecule has 21 heavy (non-hydrogen) atoms. The van der Waals surface area contributed by atoms with Crippen LogP contribution < -0.4 is 15.4 Å². The van der Waals surface area contributed by atoms with Gasteiger partial charge in [-0.1, -0.05) is 24.3 Å². The fraction of sp³-hybridized carbons (Fsp3) is 0.188. The van der Waals surface area contributed by atoms with Gasteiger partial charge in [-0.05, 0) is 18.2 Å². The Morgan fingerprint density at radius 3 is 2.86 bits per heavy atom. The molecule has 1 aliphatic heterocycles. The van der Waals surface area contributed by atoms with E-state index in [-0.39, 0.29) is 24.6 Å². The molecule has 0 saturated carbocycles. The summed E-state index contributed by atoms with van der Waals surface area (Å²) in [4.78, 5) is 13.8. The fourth-order valence-electron chi connectivity index (χ4n) is 2.39. The standard InChI is InChI=1S/C16H15FN2O2/c17-16-11(4-3-5-12(16)18)10-19-13-6-1-2-7-14(13)21-9-8-15(19)20/h1-7H,8-10,18H2. The molecular weight excluding hydrogens is 271 g/mol. The minimum atomic E-state index is -0.479. The molecule has 4 nitrogen and oxygen atoms in total. The maximum Gasteiger partial charge on any atom is 0.230 e. The van der Waals surface area contributed by atoms with Gasteiger partial charge in [-0.25, -0.2) is 4.39 Å². The molecule has 0 unspecified atom stereocenters. The maximum absolute atomic E-state index is 14.1. The lowest BCUT2D eigenvalue weighted by molar-refractivity contribution is -0.118. The number of rotatable bonds is 2. The number of anilines is 2. The van der Waals surface area contributed by atoms with Crippen LogP contribution in [0.15, 0.2) is 42.5 Å². The largest absolute Gasteiger partial charge is 0.491 e. The van der Waals surface area contributed by atoms with E-state index in [1.807, 2.05) is 12.1 Å². The summed E-state index contributed by atoms with van der Waals surface area (Å²) in [5, 5.41) is 0. The number of benzene rings is 2. The minimum Gasteiger partial charge on any atom is -0.491 e. The van der Waals surface area contributed by atoms with Gasteiger partial charge in [0.25, 0.3) is 0 Å². The zero-order chi connectivity index (χ0) is 14.8. The molecule has 0 aliphatic carbocycles. The summed E-state index contributed by atoms with van der Waals surface area (Å²) in [5.74, 6) is 0.0578. The van der Waals surface area contributed by atoms with Gasteiger partial charge in [-0.3, -0.25) is 4.79 Å². The third-order valence-corrected chi connectivity index (χ3v) is 3.47. The van der Waals surface area contributed by atoms with Crippen molar-refractivity contribution in [2.24, 2.45) is 0 Å². The fourth-order valence-corrected chi connectivity index (χ4v) is 2.39. The molecule has 0 radical (unpaired) electrons. The highest BCUT2D eigenvalue weighted by molar-refractivity contribution is 5.95. The number of nitrogen functional groups attached to an aromatic ring is 1. The number of hydrogen-bond acceptors (Lipinski definition) is 3. The first-order chi connectivity index (χ1) is 10.2. The van der Waals surface area contributed by atoms with Crippen molar-refractivity contribution in [1.82, 2.24) is 0 Å². The lowest BCUT2D eigenvalue weighted by Crippen LogP contribution is -2.30. The smallest absolute Gasteiger partial charge is 0.230 e. The molecule has 3 rings (SSSR count). The topological polar surface area (TPSA) is 55.6 Å². The molecule has 2 aromatic carbocycles. The second-order valence-corrected chi connectivity index (χ2v) is 4.87. The first-order valence-electron chi connectivity index (χ1n) is 6.72. The first kappa shape index (κ1) is 13.4. The quantitative estimate of drug-likeness (QED) is 0.864. The van der Waals surface area contributed by atoms with Crippen molar-refractivity contribution in [3.8, 4) is 5.75 Å². The Morgan fingerprint density at radius 2 is 2.00 bits per heavy atom. The number of halogens is 1. The molecule has 0 atom stereocenters. The summed E-state index contributed by atoms with van der Waals surface area (Å²) in [6, 6.07) is 12.1. The van der Waals surface area contributed by atoms with Crippen LogP contribution in [0.1, 0.15) is 12.0 Å². The van der Waals surface area contributed by atoms with Gasteiger partial charge in [0.1, 0.15) is 5.75 Å². The van der Waals surface area contributed by atoms with Crippen molar-refractivity contribution in [3.63, 3.8) is 0 Å². The van der Waals surface area contributed by atoms with Crippen molar-refractivity contribution < 1.29 is 13.9 Å². The van der Waals surface area contributed by atoms with E-state index in [4.69, 9.17) is 10.5 Å². The van der Waals surface area contributed by atoms with Crippen LogP contribution in [-0.4, -0.2) is 12.5 Å². The molecule has 2 aromatic rings. The van der Waals surface area contributed by atoms with Gasteiger partial charge in [0.05, 0.1) is 30.9 Å². The van der Waals surface area contributed by atoms with Crippen LogP contribution in [0.2, 0.25) is 0 Å². The summed E-state index contributed by atoms with van der Waals surface area (Å²) in [5.41, 5.74) is 6.71. The van der Waals surface area contributed by atoms with Crippen LogP contribution in [0, 0.1) is 5.82 Å². The number of hydrogen-bond donors (Lipinski definition) is 1. The molecule has 1 amide bonds. The molecule has 5 heteroatoms. The van der Waals surface area contributed by atoms with Crippen LogP contribution in [0.4, 0.5) is 15.8 Å². The molecule has 108 valence electrons. The summed E-state index contributed by atoms with van der Waals surface area (Å²) in [6.07, 6.45) is 0.263. The van der Waals surface area contributed by atoms with E-state index in [1.54, 1.807) is 29.2 Å². The minimum absolute atomic E-state index is 0.0827. The van der Waals surface area contributed by atoms with E-state index < -0.39 is 5.82 Å². The zero-order valence-corrected chi connectivity index (χ0v) is 11.4. The Hall–Kier alpha value is -2.56. The van der Waals surface area contributed by atoms with Crippen LogP contribution >= 0.6 is 0 Å².